The van der Waals surface area contributed by atoms with Crippen molar-refractivity contribution in [2.24, 2.45) is 7.05 Å². The van der Waals surface area contributed by atoms with Crippen molar-refractivity contribution in [2.45, 2.75) is 31.9 Å². The predicted molar refractivity (Wildman–Crippen MR) is 54.6 cm³/mol. The van der Waals surface area contributed by atoms with E-state index in [0.717, 1.165) is 11.4 Å². The van der Waals surface area contributed by atoms with E-state index < -0.39 is 0 Å². The summed E-state index contributed by atoms with van der Waals surface area (Å²) in [5, 5.41) is 4.42. The lowest BCUT2D eigenvalue weighted by Crippen LogP contribution is -2.12. The van der Waals surface area contributed by atoms with Crippen LogP contribution in [-0.4, -0.2) is 9.78 Å². The van der Waals surface area contributed by atoms with Gasteiger partial charge in [0.15, 0.2) is 0 Å². The Kier molecular flexibility index (Phi) is 2.52. The van der Waals surface area contributed by atoms with Crippen LogP contribution in [0.4, 0.5) is 0 Å². The molecule has 0 amide bonds. The standard InChI is InChI=1S/C9H16N2S/c1-9(2,3)8-5-7(6-12)11(4)10-8/h5,12H,6H2,1-4H3. The molecular weight excluding hydrogens is 168 g/mol. The zero-order valence-corrected chi connectivity index (χ0v) is 9.02. The highest BCUT2D eigenvalue weighted by molar-refractivity contribution is 7.79. The van der Waals surface area contributed by atoms with Crippen LogP contribution in [0.15, 0.2) is 6.07 Å². The van der Waals surface area contributed by atoms with E-state index in [4.69, 9.17) is 0 Å². The van der Waals surface area contributed by atoms with Gasteiger partial charge in [0.2, 0.25) is 0 Å². The molecule has 1 heterocycles. The van der Waals surface area contributed by atoms with E-state index in [1.54, 1.807) is 0 Å². The van der Waals surface area contributed by atoms with Crippen molar-refractivity contribution in [1.82, 2.24) is 9.78 Å². The first-order valence-electron chi connectivity index (χ1n) is 4.09. The first-order valence-corrected chi connectivity index (χ1v) is 4.72. The average Bonchev–Trinajstić information content (AvgIpc) is 2.29. The van der Waals surface area contributed by atoms with E-state index in [1.807, 2.05) is 11.7 Å². The largest absolute Gasteiger partial charge is 0.272 e. The van der Waals surface area contributed by atoms with Crippen molar-refractivity contribution in [3.05, 3.63) is 17.5 Å². The predicted octanol–water partition coefficient (Wildman–Crippen LogP) is 2.15. The van der Waals surface area contributed by atoms with Crippen molar-refractivity contribution in [3.63, 3.8) is 0 Å². The summed E-state index contributed by atoms with van der Waals surface area (Å²) in [6.45, 7) is 6.49. The van der Waals surface area contributed by atoms with Gasteiger partial charge in [-0.3, -0.25) is 4.68 Å². The molecule has 1 aromatic heterocycles. The van der Waals surface area contributed by atoms with E-state index in [2.05, 4.69) is 44.6 Å². The van der Waals surface area contributed by atoms with Crippen LogP contribution in [0.5, 0.6) is 0 Å². The van der Waals surface area contributed by atoms with Crippen molar-refractivity contribution in [3.8, 4) is 0 Å². The summed E-state index contributed by atoms with van der Waals surface area (Å²) >= 11 is 4.23. The van der Waals surface area contributed by atoms with Crippen molar-refractivity contribution in [1.29, 1.82) is 0 Å². The second kappa shape index (κ2) is 3.13. The summed E-state index contributed by atoms with van der Waals surface area (Å²) in [7, 11) is 1.96. The van der Waals surface area contributed by atoms with Gasteiger partial charge in [0.1, 0.15) is 0 Å². The summed E-state index contributed by atoms with van der Waals surface area (Å²) in [4.78, 5) is 0. The van der Waals surface area contributed by atoms with Gasteiger partial charge in [-0.25, -0.2) is 0 Å². The third-order valence-electron chi connectivity index (χ3n) is 1.91. The molecule has 2 nitrogen and oxygen atoms in total. The maximum Gasteiger partial charge on any atom is 0.0681 e. The number of nitrogens with zero attached hydrogens (tertiary/aromatic N) is 2. The minimum absolute atomic E-state index is 0.138. The molecular formula is C9H16N2S. The molecule has 0 atom stereocenters. The van der Waals surface area contributed by atoms with Gasteiger partial charge in [-0.05, 0) is 6.07 Å². The Morgan fingerprint density at radius 1 is 1.50 bits per heavy atom. The number of aryl methyl sites for hydroxylation is 1. The molecule has 0 N–H and O–H groups in total. The second-order valence-electron chi connectivity index (χ2n) is 4.05. The molecule has 0 aromatic carbocycles. The molecule has 0 radical (unpaired) electrons. The fourth-order valence-electron chi connectivity index (χ4n) is 1.02. The van der Waals surface area contributed by atoms with Crippen LogP contribution in [0, 0.1) is 0 Å². The molecule has 0 unspecified atom stereocenters. The molecule has 12 heavy (non-hydrogen) atoms. The van der Waals surface area contributed by atoms with E-state index in [0.29, 0.717) is 0 Å². The zero-order chi connectivity index (χ0) is 9.35. The number of thiol groups is 1. The van der Waals surface area contributed by atoms with Crippen LogP contribution in [0.1, 0.15) is 32.2 Å². The summed E-state index contributed by atoms with van der Waals surface area (Å²) in [6, 6.07) is 2.12. The smallest absolute Gasteiger partial charge is 0.0681 e. The summed E-state index contributed by atoms with van der Waals surface area (Å²) in [5.41, 5.74) is 2.44. The number of hydrogen-bond donors (Lipinski definition) is 1. The molecule has 0 fully saturated rings. The number of hydrogen-bond acceptors (Lipinski definition) is 2. The Morgan fingerprint density at radius 2 is 2.08 bits per heavy atom. The van der Waals surface area contributed by atoms with Gasteiger partial charge in [0, 0.05) is 23.9 Å². The van der Waals surface area contributed by atoms with Crippen LogP contribution < -0.4 is 0 Å². The van der Waals surface area contributed by atoms with Gasteiger partial charge < -0.3 is 0 Å². The minimum Gasteiger partial charge on any atom is -0.272 e. The maximum absolute atomic E-state index is 4.42. The monoisotopic (exact) mass is 184 g/mol. The first-order chi connectivity index (χ1) is 5.45. The Hall–Kier alpha value is -0.440. The highest BCUT2D eigenvalue weighted by Gasteiger charge is 2.17. The molecule has 0 aliphatic heterocycles. The Balaban J connectivity index is 3.05. The maximum atomic E-state index is 4.42. The topological polar surface area (TPSA) is 17.8 Å². The van der Waals surface area contributed by atoms with Crippen molar-refractivity contribution >= 4 is 12.6 Å². The first kappa shape index (κ1) is 9.65. The van der Waals surface area contributed by atoms with Gasteiger partial charge in [-0.2, -0.15) is 17.7 Å². The van der Waals surface area contributed by atoms with Crippen LogP contribution in [0.2, 0.25) is 0 Å². The van der Waals surface area contributed by atoms with Crippen LogP contribution >= 0.6 is 12.6 Å². The molecule has 0 spiro atoms. The van der Waals surface area contributed by atoms with E-state index in [1.165, 1.54) is 5.69 Å². The van der Waals surface area contributed by atoms with Crippen molar-refractivity contribution < 1.29 is 0 Å². The molecule has 1 aromatic rings. The summed E-state index contributed by atoms with van der Waals surface area (Å²) in [6.07, 6.45) is 0. The lowest BCUT2D eigenvalue weighted by molar-refractivity contribution is 0.552. The van der Waals surface area contributed by atoms with E-state index in [9.17, 15) is 0 Å². The van der Waals surface area contributed by atoms with Crippen LogP contribution in [0.3, 0.4) is 0 Å². The normalized spacial score (nSPS) is 12.1. The molecule has 0 aliphatic carbocycles. The van der Waals surface area contributed by atoms with E-state index >= 15 is 0 Å². The summed E-state index contributed by atoms with van der Waals surface area (Å²) in [5.74, 6) is 0.750. The molecule has 3 heteroatoms. The molecule has 0 saturated carbocycles. The molecule has 0 aliphatic rings. The van der Waals surface area contributed by atoms with Gasteiger partial charge >= 0.3 is 0 Å². The lowest BCUT2D eigenvalue weighted by Gasteiger charge is -2.13. The minimum atomic E-state index is 0.138. The van der Waals surface area contributed by atoms with Crippen LogP contribution in [0.25, 0.3) is 0 Å². The zero-order valence-electron chi connectivity index (χ0n) is 8.13. The third-order valence-corrected chi connectivity index (χ3v) is 2.23. The highest BCUT2D eigenvalue weighted by atomic mass is 32.1. The number of rotatable bonds is 1. The molecule has 1 rings (SSSR count). The van der Waals surface area contributed by atoms with Gasteiger partial charge in [-0.15, -0.1) is 0 Å². The number of aromatic nitrogens is 2. The van der Waals surface area contributed by atoms with Crippen LogP contribution in [-0.2, 0) is 18.2 Å². The average molecular weight is 184 g/mol. The van der Waals surface area contributed by atoms with Gasteiger partial charge in [0.25, 0.3) is 0 Å². The Bertz CT molecular complexity index is 271. The lowest BCUT2D eigenvalue weighted by atomic mass is 9.92. The fourth-order valence-corrected chi connectivity index (χ4v) is 1.32. The second-order valence-corrected chi connectivity index (χ2v) is 4.37. The molecule has 0 saturated heterocycles. The van der Waals surface area contributed by atoms with Crippen molar-refractivity contribution in [2.75, 3.05) is 0 Å². The Morgan fingerprint density at radius 3 is 2.33 bits per heavy atom. The third kappa shape index (κ3) is 1.83. The SMILES string of the molecule is Cn1nc(C(C)(C)C)cc1CS. The Labute approximate surface area is 79.4 Å². The van der Waals surface area contributed by atoms with Gasteiger partial charge in [-0.1, -0.05) is 20.8 Å². The summed E-state index contributed by atoms with van der Waals surface area (Å²) < 4.78 is 1.90. The molecule has 0 bridgehead atoms. The fraction of sp³-hybridized carbons (Fsp3) is 0.667. The molecule has 68 valence electrons. The van der Waals surface area contributed by atoms with E-state index in [-0.39, 0.29) is 5.41 Å². The quantitative estimate of drug-likeness (QED) is 0.662. The highest BCUT2D eigenvalue weighted by Crippen LogP contribution is 2.21. The van der Waals surface area contributed by atoms with Gasteiger partial charge in [0.05, 0.1) is 5.69 Å².